The van der Waals surface area contributed by atoms with Crippen LogP contribution in [0, 0.1) is 39.0 Å². The molecule has 0 aromatic carbocycles. The SMILES string of the molecule is Cc1cc(C)c(CNC(=O)c2c(C#N)sc(C)c2C)c(=O)[nH]1. The Morgan fingerprint density at radius 2 is 2.05 bits per heavy atom. The summed E-state index contributed by atoms with van der Waals surface area (Å²) in [6, 6.07) is 3.92. The van der Waals surface area contributed by atoms with Gasteiger partial charge < -0.3 is 10.3 Å². The van der Waals surface area contributed by atoms with Crippen molar-refractivity contribution in [1.82, 2.24) is 10.3 Å². The Labute approximate surface area is 132 Å². The van der Waals surface area contributed by atoms with Crippen LogP contribution in [0.25, 0.3) is 0 Å². The van der Waals surface area contributed by atoms with Gasteiger partial charge in [-0.3, -0.25) is 9.59 Å². The van der Waals surface area contributed by atoms with Crippen molar-refractivity contribution in [2.75, 3.05) is 0 Å². The fourth-order valence-electron chi connectivity index (χ4n) is 2.34. The van der Waals surface area contributed by atoms with Gasteiger partial charge in [-0.2, -0.15) is 5.26 Å². The maximum atomic E-state index is 12.4. The normalized spacial score (nSPS) is 10.3. The van der Waals surface area contributed by atoms with E-state index < -0.39 is 0 Å². The highest BCUT2D eigenvalue weighted by molar-refractivity contribution is 7.13. The number of nitrogens with zero attached hydrogens (tertiary/aromatic N) is 1. The molecule has 0 bridgehead atoms. The molecule has 0 aliphatic carbocycles. The van der Waals surface area contributed by atoms with E-state index in [1.807, 2.05) is 33.8 Å². The number of nitriles is 1. The maximum absolute atomic E-state index is 12.4. The number of H-pyrrole nitrogens is 1. The molecule has 0 unspecified atom stereocenters. The van der Waals surface area contributed by atoms with Gasteiger partial charge in [0.25, 0.3) is 11.5 Å². The van der Waals surface area contributed by atoms with Gasteiger partial charge in [-0.15, -0.1) is 11.3 Å². The number of thiophene rings is 1. The van der Waals surface area contributed by atoms with Gasteiger partial charge in [0.2, 0.25) is 0 Å². The first-order chi connectivity index (χ1) is 10.3. The second-order valence-electron chi connectivity index (χ2n) is 5.22. The Hall–Kier alpha value is -2.39. The van der Waals surface area contributed by atoms with Crippen molar-refractivity contribution in [3.05, 3.63) is 54.1 Å². The van der Waals surface area contributed by atoms with Crippen LogP contribution in [0.15, 0.2) is 10.9 Å². The van der Waals surface area contributed by atoms with Crippen LogP contribution in [-0.2, 0) is 6.54 Å². The zero-order chi connectivity index (χ0) is 16.4. The average molecular weight is 315 g/mol. The van der Waals surface area contributed by atoms with E-state index in [-0.39, 0.29) is 18.0 Å². The molecule has 0 saturated carbocycles. The van der Waals surface area contributed by atoms with Crippen molar-refractivity contribution in [3.8, 4) is 6.07 Å². The summed E-state index contributed by atoms with van der Waals surface area (Å²) in [5.74, 6) is -0.322. The van der Waals surface area contributed by atoms with E-state index in [1.54, 1.807) is 0 Å². The van der Waals surface area contributed by atoms with Gasteiger partial charge in [0.1, 0.15) is 10.9 Å². The van der Waals surface area contributed by atoms with Crippen molar-refractivity contribution in [2.24, 2.45) is 0 Å². The molecule has 1 amide bonds. The lowest BCUT2D eigenvalue weighted by atomic mass is 10.1. The van der Waals surface area contributed by atoms with Crippen LogP contribution in [0.1, 0.15) is 42.5 Å². The highest BCUT2D eigenvalue weighted by atomic mass is 32.1. The van der Waals surface area contributed by atoms with E-state index in [0.717, 1.165) is 21.7 Å². The van der Waals surface area contributed by atoms with Crippen molar-refractivity contribution >= 4 is 17.2 Å². The number of carbonyl (C=O) groups excluding carboxylic acids is 1. The number of amides is 1. The van der Waals surface area contributed by atoms with Gasteiger partial charge >= 0.3 is 0 Å². The van der Waals surface area contributed by atoms with E-state index in [0.29, 0.717) is 16.0 Å². The molecular weight excluding hydrogens is 298 g/mol. The third-order valence-corrected chi connectivity index (χ3v) is 4.75. The second kappa shape index (κ2) is 6.16. The van der Waals surface area contributed by atoms with Gasteiger partial charge in [-0.1, -0.05) is 0 Å². The Morgan fingerprint density at radius 1 is 1.36 bits per heavy atom. The summed E-state index contributed by atoms with van der Waals surface area (Å²) in [6.07, 6.45) is 0. The fourth-order valence-corrected chi connectivity index (χ4v) is 3.29. The molecule has 0 radical (unpaired) electrons. The average Bonchev–Trinajstić information content (AvgIpc) is 2.72. The van der Waals surface area contributed by atoms with E-state index in [2.05, 4.69) is 16.4 Å². The first-order valence-electron chi connectivity index (χ1n) is 6.82. The fraction of sp³-hybridized carbons (Fsp3) is 0.312. The Balaban J connectivity index is 2.25. The number of aromatic amines is 1. The number of rotatable bonds is 3. The molecule has 6 heteroatoms. The van der Waals surface area contributed by atoms with Crippen LogP contribution in [-0.4, -0.2) is 10.9 Å². The van der Waals surface area contributed by atoms with Crippen molar-refractivity contribution in [1.29, 1.82) is 5.26 Å². The summed E-state index contributed by atoms with van der Waals surface area (Å²) in [5.41, 5.74) is 3.17. The van der Waals surface area contributed by atoms with Crippen LogP contribution >= 0.6 is 11.3 Å². The van der Waals surface area contributed by atoms with Gasteiger partial charge in [0.15, 0.2) is 0 Å². The lowest BCUT2D eigenvalue weighted by molar-refractivity contribution is 0.0950. The predicted octanol–water partition coefficient (Wildman–Crippen LogP) is 2.47. The zero-order valence-electron chi connectivity index (χ0n) is 13.0. The highest BCUT2D eigenvalue weighted by Gasteiger charge is 2.19. The third kappa shape index (κ3) is 2.95. The minimum absolute atomic E-state index is 0.138. The molecule has 2 rings (SSSR count). The number of carbonyl (C=O) groups is 1. The Kier molecular flexibility index (Phi) is 4.48. The van der Waals surface area contributed by atoms with Crippen LogP contribution < -0.4 is 10.9 Å². The number of pyridine rings is 1. The highest BCUT2D eigenvalue weighted by Crippen LogP contribution is 2.26. The van der Waals surface area contributed by atoms with E-state index in [9.17, 15) is 9.59 Å². The molecule has 0 atom stereocenters. The number of nitrogens with one attached hydrogen (secondary N) is 2. The zero-order valence-corrected chi connectivity index (χ0v) is 13.8. The van der Waals surface area contributed by atoms with Crippen molar-refractivity contribution in [3.63, 3.8) is 0 Å². The van der Waals surface area contributed by atoms with Crippen molar-refractivity contribution in [2.45, 2.75) is 34.2 Å². The molecule has 0 aliphatic rings. The molecule has 0 saturated heterocycles. The molecule has 5 nitrogen and oxygen atoms in total. The van der Waals surface area contributed by atoms with E-state index >= 15 is 0 Å². The third-order valence-electron chi connectivity index (χ3n) is 3.63. The monoisotopic (exact) mass is 315 g/mol. The van der Waals surface area contributed by atoms with E-state index in [1.165, 1.54) is 11.3 Å². The van der Waals surface area contributed by atoms with Crippen LogP contribution in [0.3, 0.4) is 0 Å². The number of aromatic nitrogens is 1. The molecule has 0 aliphatic heterocycles. The van der Waals surface area contributed by atoms with Gasteiger partial charge in [-0.05, 0) is 44.9 Å². The molecule has 0 fully saturated rings. The molecule has 2 N–H and O–H groups in total. The predicted molar refractivity (Wildman–Crippen MR) is 86.2 cm³/mol. The molecule has 2 heterocycles. The molecule has 0 spiro atoms. The first-order valence-corrected chi connectivity index (χ1v) is 7.64. The summed E-state index contributed by atoms with van der Waals surface area (Å²) in [5, 5.41) is 11.9. The van der Waals surface area contributed by atoms with Gasteiger partial charge in [0, 0.05) is 22.7 Å². The maximum Gasteiger partial charge on any atom is 0.254 e. The summed E-state index contributed by atoms with van der Waals surface area (Å²) in [4.78, 5) is 28.4. The Morgan fingerprint density at radius 3 is 2.64 bits per heavy atom. The summed E-state index contributed by atoms with van der Waals surface area (Å²) in [7, 11) is 0. The first kappa shape index (κ1) is 16.0. The number of hydrogen-bond donors (Lipinski definition) is 2. The standard InChI is InChI=1S/C16H17N3O2S/c1-8-5-9(2)19-15(20)12(8)7-18-16(21)14-10(3)11(4)22-13(14)6-17/h5H,7H2,1-4H3,(H,18,21)(H,19,20). The van der Waals surface area contributed by atoms with Gasteiger partial charge in [0.05, 0.1) is 5.56 Å². The Bertz CT molecular complexity index is 840. The largest absolute Gasteiger partial charge is 0.348 e. The van der Waals surface area contributed by atoms with Crippen molar-refractivity contribution < 1.29 is 4.79 Å². The number of aryl methyl sites for hydroxylation is 3. The lowest BCUT2D eigenvalue weighted by Gasteiger charge is -2.08. The number of hydrogen-bond acceptors (Lipinski definition) is 4. The summed E-state index contributed by atoms with van der Waals surface area (Å²) in [6.45, 7) is 7.50. The quantitative estimate of drug-likeness (QED) is 0.912. The van der Waals surface area contributed by atoms with Crippen LogP contribution in [0.5, 0.6) is 0 Å². The summed E-state index contributed by atoms with van der Waals surface area (Å²) >= 11 is 1.31. The minimum atomic E-state index is -0.322. The topological polar surface area (TPSA) is 85.8 Å². The molecule has 2 aromatic rings. The molecular formula is C16H17N3O2S. The molecule has 114 valence electrons. The van der Waals surface area contributed by atoms with Crippen LogP contribution in [0.2, 0.25) is 0 Å². The summed E-state index contributed by atoms with van der Waals surface area (Å²) < 4.78 is 0. The minimum Gasteiger partial charge on any atom is -0.348 e. The van der Waals surface area contributed by atoms with Gasteiger partial charge in [-0.25, -0.2) is 0 Å². The molecule has 2 aromatic heterocycles. The van der Waals surface area contributed by atoms with Crippen LogP contribution in [0.4, 0.5) is 0 Å². The smallest absolute Gasteiger partial charge is 0.254 e. The molecule has 22 heavy (non-hydrogen) atoms. The van der Waals surface area contributed by atoms with E-state index in [4.69, 9.17) is 5.26 Å². The lowest BCUT2D eigenvalue weighted by Crippen LogP contribution is -2.28. The second-order valence-corrected chi connectivity index (χ2v) is 6.45.